The summed E-state index contributed by atoms with van der Waals surface area (Å²) in [7, 11) is -3.24. The van der Waals surface area contributed by atoms with Gasteiger partial charge in [-0.25, -0.2) is 0 Å². The second-order valence-corrected chi connectivity index (χ2v) is 6.20. The van der Waals surface area contributed by atoms with E-state index in [1.165, 1.54) is 0 Å². The average molecular weight is 233 g/mol. The van der Waals surface area contributed by atoms with E-state index < -0.39 is 10.2 Å². The van der Waals surface area contributed by atoms with Crippen molar-refractivity contribution in [3.63, 3.8) is 0 Å². The molecule has 1 saturated heterocycles. The molecule has 88 valence electrons. The summed E-state index contributed by atoms with van der Waals surface area (Å²) in [6, 6.07) is 0.188. The summed E-state index contributed by atoms with van der Waals surface area (Å²) in [5.41, 5.74) is 5.58. The lowest BCUT2D eigenvalue weighted by Gasteiger charge is -2.31. The number of nitrogens with one attached hydrogen (secondary N) is 1. The van der Waals surface area contributed by atoms with E-state index in [9.17, 15) is 8.42 Å². The Morgan fingerprint density at radius 2 is 2.07 bits per heavy atom. The molecule has 2 fully saturated rings. The molecule has 6 heteroatoms. The van der Waals surface area contributed by atoms with Gasteiger partial charge in [-0.3, -0.25) is 0 Å². The van der Waals surface area contributed by atoms with Crippen LogP contribution >= 0.6 is 0 Å². The van der Waals surface area contributed by atoms with E-state index in [4.69, 9.17) is 5.73 Å². The van der Waals surface area contributed by atoms with Crippen LogP contribution in [0.4, 0.5) is 0 Å². The van der Waals surface area contributed by atoms with E-state index in [-0.39, 0.29) is 6.04 Å². The van der Waals surface area contributed by atoms with Crippen LogP contribution in [0.3, 0.4) is 0 Å². The fraction of sp³-hybridized carbons (Fsp3) is 1.00. The Labute approximate surface area is 91.2 Å². The quantitative estimate of drug-likeness (QED) is 0.697. The minimum Gasteiger partial charge on any atom is -0.330 e. The van der Waals surface area contributed by atoms with E-state index in [1.54, 1.807) is 4.31 Å². The molecular weight excluding hydrogens is 214 g/mol. The van der Waals surface area contributed by atoms with Gasteiger partial charge in [-0.15, -0.1) is 0 Å². The van der Waals surface area contributed by atoms with Crippen molar-refractivity contribution in [2.45, 2.75) is 31.7 Å². The molecule has 0 aromatic heterocycles. The maximum absolute atomic E-state index is 11.9. The maximum atomic E-state index is 11.9. The lowest BCUT2D eigenvalue weighted by molar-refractivity contribution is 0.268. The topological polar surface area (TPSA) is 75.4 Å². The number of nitrogens with two attached hydrogens (primary N) is 1. The predicted molar refractivity (Wildman–Crippen MR) is 58.4 cm³/mol. The highest BCUT2D eigenvalue weighted by atomic mass is 32.2. The molecule has 1 atom stereocenters. The summed E-state index contributed by atoms with van der Waals surface area (Å²) in [4.78, 5) is 0. The Kier molecular flexibility index (Phi) is 3.30. The highest BCUT2D eigenvalue weighted by Gasteiger charge is 2.33. The molecule has 1 aliphatic carbocycles. The third-order valence-electron chi connectivity index (χ3n) is 3.05. The molecule has 0 radical (unpaired) electrons. The Morgan fingerprint density at radius 1 is 1.33 bits per heavy atom. The SMILES string of the molecule is NCC1CCCN(S(=O)(=O)NC2CC2)C1. The maximum Gasteiger partial charge on any atom is 0.279 e. The van der Waals surface area contributed by atoms with Gasteiger partial charge in [-0.2, -0.15) is 17.4 Å². The fourth-order valence-electron chi connectivity index (χ4n) is 1.92. The first-order valence-corrected chi connectivity index (χ1v) is 7.03. The van der Waals surface area contributed by atoms with Gasteiger partial charge in [0.15, 0.2) is 0 Å². The van der Waals surface area contributed by atoms with Crippen LogP contribution < -0.4 is 10.5 Å². The van der Waals surface area contributed by atoms with Gasteiger partial charge in [0.2, 0.25) is 0 Å². The van der Waals surface area contributed by atoms with Crippen LogP contribution in [0.25, 0.3) is 0 Å². The van der Waals surface area contributed by atoms with Gasteiger partial charge in [-0.1, -0.05) is 0 Å². The summed E-state index contributed by atoms with van der Waals surface area (Å²) in [6.45, 7) is 1.80. The molecule has 5 nitrogen and oxygen atoms in total. The van der Waals surface area contributed by atoms with Crippen molar-refractivity contribution < 1.29 is 8.42 Å². The van der Waals surface area contributed by atoms with Crippen LogP contribution in [0.2, 0.25) is 0 Å². The van der Waals surface area contributed by atoms with Crippen LogP contribution in [0.5, 0.6) is 0 Å². The molecule has 1 heterocycles. The molecule has 0 bridgehead atoms. The van der Waals surface area contributed by atoms with Gasteiger partial charge in [0, 0.05) is 19.1 Å². The third-order valence-corrected chi connectivity index (χ3v) is 4.69. The van der Waals surface area contributed by atoms with Crippen molar-refractivity contribution in [3.8, 4) is 0 Å². The first kappa shape index (κ1) is 11.3. The first-order chi connectivity index (χ1) is 7.12. The van der Waals surface area contributed by atoms with Crippen molar-refractivity contribution in [2.75, 3.05) is 19.6 Å². The first-order valence-electron chi connectivity index (χ1n) is 5.59. The molecule has 3 N–H and O–H groups in total. The zero-order chi connectivity index (χ0) is 10.9. The number of nitrogens with zero attached hydrogens (tertiary/aromatic N) is 1. The molecule has 1 saturated carbocycles. The minimum atomic E-state index is -3.24. The average Bonchev–Trinajstić information content (AvgIpc) is 3.01. The number of hydrogen-bond donors (Lipinski definition) is 2. The molecule has 1 unspecified atom stereocenters. The van der Waals surface area contributed by atoms with Crippen LogP contribution in [0.1, 0.15) is 25.7 Å². The zero-order valence-electron chi connectivity index (χ0n) is 8.85. The third kappa shape index (κ3) is 2.90. The minimum absolute atomic E-state index is 0.188. The lowest BCUT2D eigenvalue weighted by atomic mass is 10.0. The van der Waals surface area contributed by atoms with Gasteiger partial charge in [0.05, 0.1) is 0 Å². The van der Waals surface area contributed by atoms with Crippen LogP contribution in [-0.4, -0.2) is 38.4 Å². The normalized spacial score (nSPS) is 29.3. The van der Waals surface area contributed by atoms with Crippen molar-refractivity contribution in [3.05, 3.63) is 0 Å². The van der Waals surface area contributed by atoms with Gasteiger partial charge in [-0.05, 0) is 38.1 Å². The van der Waals surface area contributed by atoms with E-state index in [0.29, 0.717) is 25.6 Å². The van der Waals surface area contributed by atoms with E-state index in [1.807, 2.05) is 0 Å². The number of hydrogen-bond acceptors (Lipinski definition) is 3. The number of rotatable bonds is 4. The molecular formula is C9H19N3O2S. The van der Waals surface area contributed by atoms with Gasteiger partial charge >= 0.3 is 0 Å². The molecule has 0 aromatic rings. The summed E-state index contributed by atoms with van der Waals surface area (Å²) >= 11 is 0. The largest absolute Gasteiger partial charge is 0.330 e. The van der Waals surface area contributed by atoms with Crippen LogP contribution in [0.15, 0.2) is 0 Å². The smallest absolute Gasteiger partial charge is 0.279 e. The zero-order valence-corrected chi connectivity index (χ0v) is 9.67. The van der Waals surface area contributed by atoms with Crippen LogP contribution in [-0.2, 0) is 10.2 Å². The van der Waals surface area contributed by atoms with Crippen molar-refractivity contribution in [1.29, 1.82) is 0 Å². The molecule has 1 aliphatic heterocycles. The van der Waals surface area contributed by atoms with Crippen molar-refractivity contribution >= 4 is 10.2 Å². The predicted octanol–water partition coefficient (Wildman–Crippen LogP) is -0.346. The highest BCUT2D eigenvalue weighted by Crippen LogP contribution is 2.23. The van der Waals surface area contributed by atoms with Gasteiger partial charge < -0.3 is 5.73 Å². The molecule has 15 heavy (non-hydrogen) atoms. The second-order valence-electron chi connectivity index (χ2n) is 4.50. The number of piperidine rings is 1. The highest BCUT2D eigenvalue weighted by molar-refractivity contribution is 7.87. The Balaban J connectivity index is 1.95. The summed E-state index contributed by atoms with van der Waals surface area (Å²) < 4.78 is 28.0. The summed E-state index contributed by atoms with van der Waals surface area (Å²) in [5, 5.41) is 0. The van der Waals surface area contributed by atoms with Crippen LogP contribution in [0, 0.1) is 5.92 Å². The van der Waals surface area contributed by atoms with E-state index in [2.05, 4.69) is 4.72 Å². The Bertz CT molecular complexity index is 313. The molecule has 0 amide bonds. The van der Waals surface area contributed by atoms with Crippen molar-refractivity contribution in [1.82, 2.24) is 9.03 Å². The van der Waals surface area contributed by atoms with Gasteiger partial charge in [0.1, 0.15) is 0 Å². The van der Waals surface area contributed by atoms with Gasteiger partial charge in [0.25, 0.3) is 10.2 Å². The lowest BCUT2D eigenvalue weighted by Crippen LogP contribution is -2.47. The molecule has 0 aromatic carbocycles. The summed E-state index contributed by atoms with van der Waals surface area (Å²) in [6.07, 6.45) is 3.93. The second kappa shape index (κ2) is 4.37. The molecule has 0 spiro atoms. The Hall–Kier alpha value is -0.170. The fourth-order valence-corrected chi connectivity index (χ4v) is 3.51. The Morgan fingerprint density at radius 3 is 2.67 bits per heavy atom. The van der Waals surface area contributed by atoms with Crippen molar-refractivity contribution in [2.24, 2.45) is 11.7 Å². The van der Waals surface area contributed by atoms with E-state index >= 15 is 0 Å². The summed E-state index contributed by atoms with van der Waals surface area (Å²) in [5.74, 6) is 0.328. The van der Waals surface area contributed by atoms with E-state index in [0.717, 1.165) is 25.7 Å². The monoisotopic (exact) mass is 233 g/mol. The molecule has 2 aliphatic rings. The standard InChI is InChI=1S/C9H19N3O2S/c10-6-8-2-1-5-12(7-8)15(13,14)11-9-3-4-9/h8-9,11H,1-7,10H2. The molecule has 2 rings (SSSR count).